The number of hydrogen-bond donors (Lipinski definition) is 0. The van der Waals surface area contributed by atoms with Crippen LogP contribution in [0.4, 0.5) is 0 Å². The number of ether oxygens (including phenoxy) is 2. The van der Waals surface area contributed by atoms with Gasteiger partial charge in [0.05, 0.1) is 17.6 Å². The molecule has 2 atom stereocenters. The van der Waals surface area contributed by atoms with Gasteiger partial charge in [0.1, 0.15) is 6.61 Å². The number of hydrogen-bond acceptors (Lipinski definition) is 3. The van der Waals surface area contributed by atoms with Crippen LogP contribution < -0.4 is 0 Å². The van der Waals surface area contributed by atoms with Gasteiger partial charge in [0.15, 0.2) is 0 Å². The Morgan fingerprint density at radius 2 is 2.36 bits per heavy atom. The quantitative estimate of drug-likeness (QED) is 0.500. The zero-order valence-corrected chi connectivity index (χ0v) is 9.08. The summed E-state index contributed by atoms with van der Waals surface area (Å²) in [5, 5.41) is 0. The first kappa shape index (κ1) is 11.2. The first-order valence-electron chi connectivity index (χ1n) is 4.94. The van der Waals surface area contributed by atoms with Gasteiger partial charge in [-0.25, -0.2) is 0 Å². The highest BCUT2D eigenvalue weighted by atomic mass is 16.5. The Labute approximate surface area is 85.1 Å². The van der Waals surface area contributed by atoms with Crippen LogP contribution in [0.15, 0.2) is 12.7 Å². The number of carbonyl (C=O) groups is 1. The van der Waals surface area contributed by atoms with E-state index in [9.17, 15) is 4.79 Å². The summed E-state index contributed by atoms with van der Waals surface area (Å²) in [6, 6.07) is 0. The standard InChI is InChI=1S/C11H18O3/c1-5-6-13-10(12)11(4)7-9(11)14-8(2)3/h5,8-9H,1,6-7H2,2-4H3/t9-,11+/m0/s1. The molecule has 14 heavy (non-hydrogen) atoms. The van der Waals surface area contributed by atoms with Crippen molar-refractivity contribution in [1.82, 2.24) is 0 Å². The lowest BCUT2D eigenvalue weighted by atomic mass is 10.1. The third-order valence-electron chi connectivity index (χ3n) is 2.39. The van der Waals surface area contributed by atoms with Gasteiger partial charge in [-0.15, -0.1) is 0 Å². The molecular weight excluding hydrogens is 180 g/mol. The molecule has 0 heterocycles. The molecule has 0 bridgehead atoms. The van der Waals surface area contributed by atoms with Crippen molar-refractivity contribution in [2.45, 2.75) is 39.4 Å². The molecule has 0 radical (unpaired) electrons. The third kappa shape index (κ3) is 2.35. The molecule has 1 saturated carbocycles. The summed E-state index contributed by atoms with van der Waals surface area (Å²) >= 11 is 0. The fourth-order valence-corrected chi connectivity index (χ4v) is 1.37. The van der Waals surface area contributed by atoms with Crippen LogP contribution in [-0.4, -0.2) is 24.8 Å². The highest BCUT2D eigenvalue weighted by molar-refractivity contribution is 5.80. The molecule has 0 aromatic rings. The molecule has 3 nitrogen and oxygen atoms in total. The second-order valence-corrected chi connectivity index (χ2v) is 4.18. The summed E-state index contributed by atoms with van der Waals surface area (Å²) < 4.78 is 10.5. The minimum absolute atomic E-state index is 0.0276. The molecule has 0 saturated heterocycles. The zero-order chi connectivity index (χ0) is 10.8. The first-order chi connectivity index (χ1) is 6.50. The van der Waals surface area contributed by atoms with Crippen molar-refractivity contribution in [2.75, 3.05) is 6.61 Å². The first-order valence-corrected chi connectivity index (χ1v) is 4.94. The third-order valence-corrected chi connectivity index (χ3v) is 2.39. The van der Waals surface area contributed by atoms with Crippen molar-refractivity contribution in [3.63, 3.8) is 0 Å². The normalized spacial score (nSPS) is 30.1. The summed E-state index contributed by atoms with van der Waals surface area (Å²) in [5.41, 5.74) is -0.423. The minimum atomic E-state index is -0.423. The van der Waals surface area contributed by atoms with Crippen molar-refractivity contribution in [3.8, 4) is 0 Å². The van der Waals surface area contributed by atoms with Crippen LogP contribution in [0.25, 0.3) is 0 Å². The van der Waals surface area contributed by atoms with Crippen molar-refractivity contribution < 1.29 is 14.3 Å². The Hall–Kier alpha value is -0.830. The summed E-state index contributed by atoms with van der Waals surface area (Å²) in [5.74, 6) is -0.178. The van der Waals surface area contributed by atoms with E-state index in [2.05, 4.69) is 6.58 Å². The molecule has 0 aliphatic heterocycles. The molecule has 0 unspecified atom stereocenters. The maximum absolute atomic E-state index is 11.5. The van der Waals surface area contributed by atoms with Crippen LogP contribution in [0, 0.1) is 5.41 Å². The van der Waals surface area contributed by atoms with Gasteiger partial charge in [0.25, 0.3) is 0 Å². The smallest absolute Gasteiger partial charge is 0.314 e. The number of rotatable bonds is 5. The Morgan fingerprint density at radius 3 is 2.86 bits per heavy atom. The van der Waals surface area contributed by atoms with Crippen molar-refractivity contribution in [2.24, 2.45) is 5.41 Å². The van der Waals surface area contributed by atoms with E-state index in [4.69, 9.17) is 9.47 Å². The summed E-state index contributed by atoms with van der Waals surface area (Å²) in [6.45, 7) is 9.59. The lowest BCUT2D eigenvalue weighted by Gasteiger charge is -2.12. The molecule has 0 aromatic heterocycles. The second-order valence-electron chi connectivity index (χ2n) is 4.18. The summed E-state index contributed by atoms with van der Waals surface area (Å²) in [6.07, 6.45) is 2.53. The average molecular weight is 198 g/mol. The minimum Gasteiger partial charge on any atom is -0.461 e. The topological polar surface area (TPSA) is 35.5 Å². The van der Waals surface area contributed by atoms with Gasteiger partial charge in [-0.05, 0) is 27.2 Å². The molecular formula is C11H18O3. The molecule has 0 spiro atoms. The lowest BCUT2D eigenvalue weighted by Crippen LogP contribution is -2.22. The fraction of sp³-hybridized carbons (Fsp3) is 0.727. The monoisotopic (exact) mass is 198 g/mol. The van der Waals surface area contributed by atoms with Gasteiger partial charge in [0, 0.05) is 0 Å². The van der Waals surface area contributed by atoms with Crippen LogP contribution in [0.3, 0.4) is 0 Å². The number of esters is 1. The second kappa shape index (κ2) is 4.13. The van der Waals surface area contributed by atoms with Gasteiger partial charge in [-0.3, -0.25) is 4.79 Å². The van der Waals surface area contributed by atoms with Crippen LogP contribution in [0.1, 0.15) is 27.2 Å². The molecule has 1 aliphatic carbocycles. The summed E-state index contributed by atoms with van der Waals surface area (Å²) in [7, 11) is 0. The molecule has 1 aliphatic rings. The van der Waals surface area contributed by atoms with E-state index >= 15 is 0 Å². The predicted octanol–water partition coefficient (Wildman–Crippen LogP) is 1.92. The Kier molecular flexibility index (Phi) is 3.32. The molecule has 1 fully saturated rings. The average Bonchev–Trinajstić information content (AvgIpc) is 2.73. The SMILES string of the molecule is C=CCOC(=O)[C@]1(C)C[C@@H]1OC(C)C. The van der Waals surface area contributed by atoms with E-state index in [0.29, 0.717) is 0 Å². The molecule has 80 valence electrons. The highest BCUT2D eigenvalue weighted by Crippen LogP contribution is 2.49. The van der Waals surface area contributed by atoms with Crippen molar-refractivity contribution in [3.05, 3.63) is 12.7 Å². The number of carbonyl (C=O) groups excluding carboxylic acids is 1. The lowest BCUT2D eigenvalue weighted by molar-refractivity contribution is -0.150. The van der Waals surface area contributed by atoms with E-state index in [0.717, 1.165) is 6.42 Å². The van der Waals surface area contributed by atoms with Gasteiger partial charge in [0.2, 0.25) is 0 Å². The Bertz CT molecular complexity index is 235. The van der Waals surface area contributed by atoms with Gasteiger partial charge in [-0.2, -0.15) is 0 Å². The van der Waals surface area contributed by atoms with Crippen molar-refractivity contribution >= 4 is 5.97 Å². The van der Waals surface area contributed by atoms with Crippen LogP contribution >= 0.6 is 0 Å². The fourth-order valence-electron chi connectivity index (χ4n) is 1.37. The van der Waals surface area contributed by atoms with E-state index in [-0.39, 0.29) is 24.8 Å². The van der Waals surface area contributed by atoms with E-state index < -0.39 is 5.41 Å². The Balaban J connectivity index is 2.38. The van der Waals surface area contributed by atoms with E-state index in [1.165, 1.54) is 0 Å². The van der Waals surface area contributed by atoms with Crippen molar-refractivity contribution in [1.29, 1.82) is 0 Å². The van der Waals surface area contributed by atoms with Gasteiger partial charge < -0.3 is 9.47 Å². The largest absolute Gasteiger partial charge is 0.461 e. The van der Waals surface area contributed by atoms with E-state index in [1.54, 1.807) is 6.08 Å². The Morgan fingerprint density at radius 1 is 1.71 bits per heavy atom. The zero-order valence-electron chi connectivity index (χ0n) is 9.08. The van der Waals surface area contributed by atoms with Crippen LogP contribution in [0.5, 0.6) is 0 Å². The maximum Gasteiger partial charge on any atom is 0.314 e. The molecule has 3 heteroatoms. The molecule has 1 rings (SSSR count). The van der Waals surface area contributed by atoms with Crippen LogP contribution in [0.2, 0.25) is 0 Å². The van der Waals surface area contributed by atoms with Crippen LogP contribution in [-0.2, 0) is 14.3 Å². The maximum atomic E-state index is 11.5. The van der Waals surface area contributed by atoms with Gasteiger partial charge in [-0.1, -0.05) is 12.7 Å². The molecule has 0 amide bonds. The van der Waals surface area contributed by atoms with E-state index in [1.807, 2.05) is 20.8 Å². The highest BCUT2D eigenvalue weighted by Gasteiger charge is 2.58. The van der Waals surface area contributed by atoms with Gasteiger partial charge >= 0.3 is 5.97 Å². The summed E-state index contributed by atoms with van der Waals surface area (Å²) in [4.78, 5) is 11.5. The molecule has 0 N–H and O–H groups in total. The predicted molar refractivity (Wildman–Crippen MR) is 53.9 cm³/mol. The molecule has 0 aromatic carbocycles.